The van der Waals surface area contributed by atoms with Crippen molar-refractivity contribution in [3.8, 4) is 5.75 Å². The first-order chi connectivity index (χ1) is 14.2. The second-order valence-electron chi connectivity index (χ2n) is 6.63. The molecule has 1 aliphatic heterocycles. The molecule has 0 radical (unpaired) electrons. The van der Waals surface area contributed by atoms with Crippen molar-refractivity contribution in [2.75, 3.05) is 11.9 Å². The zero-order valence-corrected chi connectivity index (χ0v) is 16.3. The maximum Gasteiger partial charge on any atom is 0.338 e. The number of anilines is 1. The van der Waals surface area contributed by atoms with E-state index in [1.54, 1.807) is 11.6 Å². The predicted molar refractivity (Wildman–Crippen MR) is 108 cm³/mol. The van der Waals surface area contributed by atoms with E-state index in [2.05, 4.69) is 15.4 Å². The monoisotopic (exact) mass is 390 g/mol. The minimum absolute atomic E-state index is 0.290. The van der Waals surface area contributed by atoms with Gasteiger partial charge >= 0.3 is 5.97 Å². The van der Waals surface area contributed by atoms with Crippen LogP contribution < -0.4 is 10.1 Å². The highest BCUT2D eigenvalue weighted by Crippen LogP contribution is 2.39. The number of carbonyl (C=O) groups excluding carboxylic acids is 1. The molecular weight excluding hydrogens is 368 g/mol. The van der Waals surface area contributed by atoms with Gasteiger partial charge in [0.15, 0.2) is 0 Å². The number of ether oxygens (including phenoxy) is 2. The Bertz CT molecular complexity index is 1040. The molecule has 1 aliphatic rings. The molecule has 0 fully saturated rings. The number of rotatable bonds is 6. The summed E-state index contributed by atoms with van der Waals surface area (Å²) >= 11 is 0. The highest BCUT2D eigenvalue weighted by atomic mass is 16.5. The number of nitrogens with one attached hydrogen (secondary N) is 1. The van der Waals surface area contributed by atoms with E-state index in [9.17, 15) is 4.79 Å². The highest BCUT2D eigenvalue weighted by Gasteiger charge is 2.35. The molecule has 29 heavy (non-hydrogen) atoms. The number of carbonyl (C=O) groups is 1. The third-order valence-electron chi connectivity index (χ3n) is 4.74. The molecule has 7 heteroatoms. The van der Waals surface area contributed by atoms with Crippen molar-refractivity contribution in [2.45, 2.75) is 26.5 Å². The lowest BCUT2D eigenvalue weighted by Gasteiger charge is -2.29. The summed E-state index contributed by atoms with van der Waals surface area (Å²) in [5.41, 5.74) is 3.05. The van der Waals surface area contributed by atoms with Crippen LogP contribution in [0.25, 0.3) is 0 Å². The van der Waals surface area contributed by atoms with E-state index in [4.69, 9.17) is 9.47 Å². The van der Waals surface area contributed by atoms with Crippen LogP contribution in [0.15, 0.2) is 72.2 Å². The lowest BCUT2D eigenvalue weighted by Crippen LogP contribution is -2.30. The van der Waals surface area contributed by atoms with Crippen LogP contribution in [0.5, 0.6) is 5.75 Å². The van der Waals surface area contributed by atoms with Crippen molar-refractivity contribution in [2.24, 2.45) is 0 Å². The molecule has 0 spiro atoms. The Hall–Kier alpha value is -3.61. The third kappa shape index (κ3) is 3.71. The minimum Gasteiger partial charge on any atom is -0.489 e. The Morgan fingerprint density at radius 3 is 2.69 bits per heavy atom. The number of para-hydroxylation sites is 1. The van der Waals surface area contributed by atoms with Gasteiger partial charge in [0.2, 0.25) is 5.95 Å². The zero-order valence-electron chi connectivity index (χ0n) is 16.3. The van der Waals surface area contributed by atoms with E-state index < -0.39 is 6.04 Å². The summed E-state index contributed by atoms with van der Waals surface area (Å²) in [6.07, 6.45) is 1.46. The molecule has 1 unspecified atom stereocenters. The Balaban J connectivity index is 1.75. The zero-order chi connectivity index (χ0) is 20.2. The van der Waals surface area contributed by atoms with Crippen LogP contribution >= 0.6 is 0 Å². The van der Waals surface area contributed by atoms with Gasteiger partial charge in [-0.3, -0.25) is 0 Å². The first-order valence-corrected chi connectivity index (χ1v) is 9.49. The summed E-state index contributed by atoms with van der Waals surface area (Å²) in [6.45, 7) is 4.34. The van der Waals surface area contributed by atoms with E-state index in [1.165, 1.54) is 6.33 Å². The molecule has 0 saturated carbocycles. The number of esters is 1. The van der Waals surface area contributed by atoms with Gasteiger partial charge in [0.1, 0.15) is 24.7 Å². The SMILES string of the molecule is CCOC(=O)C1=C(C)Nc2ncnn2C1c1ccccc1OCc1ccccc1. The van der Waals surface area contributed by atoms with E-state index in [1.807, 2.05) is 61.5 Å². The summed E-state index contributed by atoms with van der Waals surface area (Å²) in [5, 5.41) is 7.48. The Morgan fingerprint density at radius 2 is 1.90 bits per heavy atom. The van der Waals surface area contributed by atoms with Crippen LogP contribution in [0.2, 0.25) is 0 Å². The molecule has 7 nitrogen and oxygen atoms in total. The van der Waals surface area contributed by atoms with Crippen molar-refractivity contribution in [1.29, 1.82) is 0 Å². The van der Waals surface area contributed by atoms with Gasteiger partial charge in [-0.15, -0.1) is 0 Å². The lowest BCUT2D eigenvalue weighted by atomic mass is 9.95. The van der Waals surface area contributed by atoms with E-state index in [0.717, 1.165) is 11.1 Å². The first kappa shape index (κ1) is 18.7. The van der Waals surface area contributed by atoms with Gasteiger partial charge in [-0.1, -0.05) is 48.5 Å². The topological polar surface area (TPSA) is 78.3 Å². The number of nitrogens with zero attached hydrogens (tertiary/aromatic N) is 3. The molecule has 3 aromatic rings. The summed E-state index contributed by atoms with van der Waals surface area (Å²) < 4.78 is 13.1. The van der Waals surface area contributed by atoms with Crippen LogP contribution in [-0.4, -0.2) is 27.3 Å². The van der Waals surface area contributed by atoms with Crippen LogP contribution in [-0.2, 0) is 16.1 Å². The third-order valence-corrected chi connectivity index (χ3v) is 4.74. The second kappa shape index (κ2) is 8.18. The van der Waals surface area contributed by atoms with Crippen molar-refractivity contribution < 1.29 is 14.3 Å². The number of benzene rings is 2. The summed E-state index contributed by atoms with van der Waals surface area (Å²) in [6, 6.07) is 17.1. The largest absolute Gasteiger partial charge is 0.489 e. The van der Waals surface area contributed by atoms with Crippen LogP contribution in [0.4, 0.5) is 5.95 Å². The standard InChI is InChI=1S/C22H22N4O3/c1-3-28-21(27)19-15(2)25-22-23-14-24-26(22)20(19)17-11-7-8-12-18(17)29-13-16-9-5-4-6-10-16/h4-12,14,20H,3,13H2,1-2H3,(H,23,24,25). The molecule has 0 bridgehead atoms. The van der Waals surface area contributed by atoms with Crippen molar-refractivity contribution >= 4 is 11.9 Å². The molecule has 4 rings (SSSR count). The first-order valence-electron chi connectivity index (χ1n) is 9.49. The van der Waals surface area contributed by atoms with Crippen molar-refractivity contribution in [1.82, 2.24) is 14.8 Å². The van der Waals surface area contributed by atoms with Crippen molar-refractivity contribution in [3.63, 3.8) is 0 Å². The normalized spacial score (nSPS) is 15.4. The summed E-state index contributed by atoms with van der Waals surface area (Å²) in [4.78, 5) is 17.1. The number of hydrogen-bond donors (Lipinski definition) is 1. The molecular formula is C22H22N4O3. The average molecular weight is 390 g/mol. The second-order valence-corrected chi connectivity index (χ2v) is 6.63. The molecule has 2 aromatic carbocycles. The van der Waals surface area contributed by atoms with Gasteiger partial charge in [-0.2, -0.15) is 10.1 Å². The Morgan fingerprint density at radius 1 is 1.14 bits per heavy atom. The molecule has 2 heterocycles. The van der Waals surface area contributed by atoms with Gasteiger partial charge in [0.05, 0.1) is 12.2 Å². The number of allylic oxidation sites excluding steroid dienone is 1. The summed E-state index contributed by atoms with van der Waals surface area (Å²) in [7, 11) is 0. The highest BCUT2D eigenvalue weighted by molar-refractivity contribution is 5.92. The van der Waals surface area contributed by atoms with Gasteiger partial charge in [0, 0.05) is 11.3 Å². The maximum atomic E-state index is 12.8. The smallest absolute Gasteiger partial charge is 0.338 e. The quantitative estimate of drug-likeness (QED) is 0.647. The van der Waals surface area contributed by atoms with Gasteiger partial charge in [-0.05, 0) is 25.5 Å². The van der Waals surface area contributed by atoms with E-state index in [0.29, 0.717) is 36.2 Å². The van der Waals surface area contributed by atoms with Crippen LogP contribution in [0, 0.1) is 0 Å². The lowest BCUT2D eigenvalue weighted by molar-refractivity contribution is -0.139. The number of fused-ring (bicyclic) bond motifs is 1. The number of hydrogen-bond acceptors (Lipinski definition) is 6. The predicted octanol–water partition coefficient (Wildman–Crippen LogP) is 3.71. The molecule has 0 amide bonds. The van der Waals surface area contributed by atoms with Crippen molar-refractivity contribution in [3.05, 3.63) is 83.3 Å². The molecule has 1 N–H and O–H groups in total. The Labute approximate surface area is 169 Å². The number of aromatic nitrogens is 3. The fraction of sp³-hybridized carbons (Fsp3) is 0.227. The fourth-order valence-electron chi connectivity index (χ4n) is 3.42. The Kier molecular flexibility index (Phi) is 5.29. The minimum atomic E-state index is -0.500. The molecule has 0 aliphatic carbocycles. The van der Waals surface area contributed by atoms with Gasteiger partial charge in [-0.25, -0.2) is 9.48 Å². The summed E-state index contributed by atoms with van der Waals surface area (Å²) in [5.74, 6) is 0.860. The molecule has 1 atom stereocenters. The van der Waals surface area contributed by atoms with Crippen LogP contribution in [0.3, 0.4) is 0 Å². The van der Waals surface area contributed by atoms with Gasteiger partial charge in [0.25, 0.3) is 0 Å². The van der Waals surface area contributed by atoms with Gasteiger partial charge < -0.3 is 14.8 Å². The van der Waals surface area contributed by atoms with Crippen LogP contribution in [0.1, 0.15) is 31.0 Å². The average Bonchev–Trinajstić information content (AvgIpc) is 3.20. The van der Waals surface area contributed by atoms with E-state index in [-0.39, 0.29) is 5.97 Å². The van der Waals surface area contributed by atoms with E-state index >= 15 is 0 Å². The maximum absolute atomic E-state index is 12.8. The molecule has 0 saturated heterocycles. The fourth-order valence-corrected chi connectivity index (χ4v) is 3.42. The molecule has 148 valence electrons. The molecule has 1 aromatic heterocycles.